The highest BCUT2D eigenvalue weighted by atomic mass is 16.4. The number of aromatic amines is 1. The van der Waals surface area contributed by atoms with Crippen molar-refractivity contribution in [2.75, 3.05) is 0 Å². The van der Waals surface area contributed by atoms with E-state index in [2.05, 4.69) is 4.98 Å². The highest BCUT2D eigenvalue weighted by Gasteiger charge is 2.13. The van der Waals surface area contributed by atoms with E-state index in [4.69, 9.17) is 4.42 Å². The number of nitrogens with one attached hydrogen (secondary N) is 1. The van der Waals surface area contributed by atoms with Gasteiger partial charge in [-0.15, -0.1) is 0 Å². The van der Waals surface area contributed by atoms with E-state index in [1.807, 2.05) is 19.1 Å². The van der Waals surface area contributed by atoms with Crippen LogP contribution in [0.3, 0.4) is 0 Å². The van der Waals surface area contributed by atoms with Crippen molar-refractivity contribution < 1.29 is 9.52 Å². The molecule has 0 bridgehead atoms. The lowest BCUT2D eigenvalue weighted by molar-refractivity contribution is 0.480. The molecule has 0 atom stereocenters. The molecule has 0 aliphatic rings. The van der Waals surface area contributed by atoms with Gasteiger partial charge in [-0.1, -0.05) is 12.1 Å². The van der Waals surface area contributed by atoms with Crippen molar-refractivity contribution in [2.45, 2.75) is 6.92 Å². The molecule has 0 unspecified atom stereocenters. The van der Waals surface area contributed by atoms with Crippen LogP contribution in [0.25, 0.3) is 32.8 Å². The molecule has 2 aromatic carbocycles. The SMILES string of the molecule is Cc1cc2oc(=O)ccc2c2c1[nH]c1c(O)cccc12. The number of benzene rings is 2. The average molecular weight is 265 g/mol. The first-order valence-corrected chi connectivity index (χ1v) is 6.32. The minimum absolute atomic E-state index is 0.212. The van der Waals surface area contributed by atoms with Crippen LogP contribution in [0.5, 0.6) is 5.75 Å². The third kappa shape index (κ3) is 1.33. The first-order valence-electron chi connectivity index (χ1n) is 6.32. The summed E-state index contributed by atoms with van der Waals surface area (Å²) in [6, 6.07) is 10.4. The average Bonchev–Trinajstić information content (AvgIpc) is 2.80. The monoisotopic (exact) mass is 265 g/mol. The zero-order valence-electron chi connectivity index (χ0n) is 10.7. The van der Waals surface area contributed by atoms with Crippen molar-refractivity contribution >= 4 is 32.8 Å². The number of hydrogen-bond acceptors (Lipinski definition) is 3. The van der Waals surface area contributed by atoms with Crippen molar-refractivity contribution in [1.82, 2.24) is 4.98 Å². The van der Waals surface area contributed by atoms with Crippen molar-refractivity contribution in [1.29, 1.82) is 0 Å². The van der Waals surface area contributed by atoms with Crippen LogP contribution in [0.1, 0.15) is 5.56 Å². The van der Waals surface area contributed by atoms with Crippen molar-refractivity contribution in [3.63, 3.8) is 0 Å². The summed E-state index contributed by atoms with van der Waals surface area (Å²) in [4.78, 5) is 14.6. The van der Waals surface area contributed by atoms with Gasteiger partial charge in [0, 0.05) is 22.2 Å². The lowest BCUT2D eigenvalue weighted by Crippen LogP contribution is -1.94. The fourth-order valence-electron chi connectivity index (χ4n) is 2.79. The number of aryl methyl sites for hydroxylation is 1. The Bertz CT molecular complexity index is 1040. The van der Waals surface area contributed by atoms with Gasteiger partial charge in [-0.3, -0.25) is 0 Å². The van der Waals surface area contributed by atoms with Gasteiger partial charge < -0.3 is 14.5 Å². The Balaban J connectivity index is 2.39. The highest BCUT2D eigenvalue weighted by molar-refractivity contribution is 6.20. The van der Waals surface area contributed by atoms with Crippen LogP contribution in [0.4, 0.5) is 0 Å². The number of rotatable bonds is 0. The third-order valence-electron chi connectivity index (χ3n) is 3.69. The lowest BCUT2D eigenvalue weighted by Gasteiger charge is -2.02. The second-order valence-corrected chi connectivity index (χ2v) is 4.93. The van der Waals surface area contributed by atoms with Gasteiger partial charge in [0.2, 0.25) is 0 Å². The van der Waals surface area contributed by atoms with Gasteiger partial charge in [-0.25, -0.2) is 4.79 Å². The molecule has 20 heavy (non-hydrogen) atoms. The molecule has 0 saturated heterocycles. The van der Waals surface area contributed by atoms with Crippen LogP contribution in [0.15, 0.2) is 45.6 Å². The Morgan fingerprint density at radius 2 is 1.95 bits per heavy atom. The van der Waals surface area contributed by atoms with Crippen LogP contribution in [0.2, 0.25) is 0 Å². The molecule has 4 aromatic rings. The zero-order valence-corrected chi connectivity index (χ0v) is 10.7. The Morgan fingerprint density at radius 1 is 1.10 bits per heavy atom. The Labute approximate surface area is 113 Å². The van der Waals surface area contributed by atoms with Crippen LogP contribution in [-0.2, 0) is 0 Å². The topological polar surface area (TPSA) is 66.2 Å². The molecule has 0 aliphatic carbocycles. The van der Waals surface area contributed by atoms with Crippen molar-refractivity contribution in [3.05, 3.63) is 52.4 Å². The minimum Gasteiger partial charge on any atom is -0.506 e. The predicted octanol–water partition coefficient (Wildman–Crippen LogP) is 3.44. The molecule has 0 aliphatic heterocycles. The van der Waals surface area contributed by atoms with E-state index < -0.39 is 0 Å². The normalized spacial score (nSPS) is 11.7. The summed E-state index contributed by atoms with van der Waals surface area (Å²) in [5.74, 6) is 0.212. The third-order valence-corrected chi connectivity index (χ3v) is 3.69. The number of hydrogen-bond donors (Lipinski definition) is 2. The number of aromatic hydroxyl groups is 1. The number of aromatic nitrogens is 1. The molecule has 4 rings (SSSR count). The molecule has 0 fully saturated rings. The van der Waals surface area contributed by atoms with E-state index in [1.165, 1.54) is 6.07 Å². The maximum atomic E-state index is 11.4. The first kappa shape index (κ1) is 11.1. The number of phenols is 1. The molecule has 0 spiro atoms. The van der Waals surface area contributed by atoms with Crippen LogP contribution < -0.4 is 5.63 Å². The Hall–Kier alpha value is -2.75. The van der Waals surface area contributed by atoms with Gasteiger partial charge in [-0.2, -0.15) is 0 Å². The van der Waals surface area contributed by atoms with Crippen LogP contribution in [0, 0.1) is 6.92 Å². The lowest BCUT2D eigenvalue weighted by atomic mass is 10.0. The molecule has 2 heterocycles. The molecule has 4 heteroatoms. The molecule has 2 N–H and O–H groups in total. The van der Waals surface area contributed by atoms with E-state index in [0.717, 1.165) is 27.2 Å². The van der Waals surface area contributed by atoms with E-state index in [1.54, 1.807) is 18.2 Å². The van der Waals surface area contributed by atoms with Gasteiger partial charge >= 0.3 is 5.63 Å². The quantitative estimate of drug-likeness (QED) is 0.478. The smallest absolute Gasteiger partial charge is 0.336 e. The molecule has 4 nitrogen and oxygen atoms in total. The minimum atomic E-state index is -0.362. The summed E-state index contributed by atoms with van der Waals surface area (Å²) >= 11 is 0. The summed E-state index contributed by atoms with van der Waals surface area (Å²) in [5.41, 5.74) is 2.82. The van der Waals surface area contributed by atoms with E-state index in [-0.39, 0.29) is 11.4 Å². The van der Waals surface area contributed by atoms with E-state index >= 15 is 0 Å². The van der Waals surface area contributed by atoms with Gasteiger partial charge in [-0.05, 0) is 30.7 Å². The highest BCUT2D eigenvalue weighted by Crippen LogP contribution is 2.36. The first-order chi connectivity index (χ1) is 9.65. The number of fused-ring (bicyclic) bond motifs is 5. The summed E-state index contributed by atoms with van der Waals surface area (Å²) in [5, 5.41) is 12.7. The second-order valence-electron chi connectivity index (χ2n) is 4.93. The van der Waals surface area contributed by atoms with Gasteiger partial charge in [0.15, 0.2) is 0 Å². The molecule has 98 valence electrons. The maximum absolute atomic E-state index is 11.4. The molecular weight excluding hydrogens is 254 g/mol. The summed E-state index contributed by atoms with van der Waals surface area (Å²) in [6.07, 6.45) is 0. The standard InChI is InChI=1S/C16H11NO3/c1-8-7-12-9(5-6-13(19)20-12)14-10-3-2-4-11(18)16(10)17-15(8)14/h2-7,17-18H,1H3. The van der Waals surface area contributed by atoms with E-state index in [9.17, 15) is 9.90 Å². The number of para-hydroxylation sites is 1. The largest absolute Gasteiger partial charge is 0.506 e. The molecule has 0 radical (unpaired) electrons. The van der Waals surface area contributed by atoms with E-state index in [0.29, 0.717) is 11.1 Å². The maximum Gasteiger partial charge on any atom is 0.336 e. The fourth-order valence-corrected chi connectivity index (χ4v) is 2.79. The number of phenolic OH excluding ortho intramolecular Hbond substituents is 1. The summed E-state index contributed by atoms with van der Waals surface area (Å²) < 4.78 is 5.27. The summed E-state index contributed by atoms with van der Waals surface area (Å²) in [7, 11) is 0. The fraction of sp³-hybridized carbons (Fsp3) is 0.0625. The second kappa shape index (κ2) is 3.63. The van der Waals surface area contributed by atoms with Gasteiger partial charge in [0.1, 0.15) is 11.3 Å². The zero-order chi connectivity index (χ0) is 13.9. The molecule has 0 saturated carbocycles. The van der Waals surface area contributed by atoms with Gasteiger partial charge in [0.25, 0.3) is 0 Å². The van der Waals surface area contributed by atoms with Crippen molar-refractivity contribution in [2.24, 2.45) is 0 Å². The Morgan fingerprint density at radius 3 is 2.80 bits per heavy atom. The van der Waals surface area contributed by atoms with Crippen LogP contribution in [-0.4, -0.2) is 10.1 Å². The summed E-state index contributed by atoms with van der Waals surface area (Å²) in [6.45, 7) is 1.95. The molecule has 2 aromatic heterocycles. The van der Waals surface area contributed by atoms with Gasteiger partial charge in [0.05, 0.1) is 11.0 Å². The van der Waals surface area contributed by atoms with Crippen molar-refractivity contribution in [3.8, 4) is 5.75 Å². The Kier molecular flexibility index (Phi) is 2.02. The predicted molar refractivity (Wildman–Crippen MR) is 78.2 cm³/mol. The van der Waals surface area contributed by atoms with Crippen LogP contribution >= 0.6 is 0 Å². The molecule has 0 amide bonds. The number of H-pyrrole nitrogens is 1. The molecular formula is C16H11NO3.